The van der Waals surface area contributed by atoms with Gasteiger partial charge in [-0.25, -0.2) is 8.42 Å². The van der Waals surface area contributed by atoms with Crippen molar-refractivity contribution in [3.63, 3.8) is 0 Å². The van der Waals surface area contributed by atoms with Crippen LogP contribution in [0.2, 0.25) is 0 Å². The van der Waals surface area contributed by atoms with Gasteiger partial charge in [0, 0.05) is 30.0 Å². The van der Waals surface area contributed by atoms with Crippen molar-refractivity contribution in [2.24, 2.45) is 0 Å². The molecule has 0 amide bonds. The van der Waals surface area contributed by atoms with Crippen LogP contribution in [-0.4, -0.2) is 36.0 Å². The number of hydrogen-bond donors (Lipinski definition) is 0. The summed E-state index contributed by atoms with van der Waals surface area (Å²) in [4.78, 5) is 4.55. The summed E-state index contributed by atoms with van der Waals surface area (Å²) in [6, 6.07) is 17.4. The van der Waals surface area contributed by atoms with Crippen LogP contribution in [-0.2, 0) is 10.0 Å². The van der Waals surface area contributed by atoms with Gasteiger partial charge in [-0.3, -0.25) is 0 Å². The minimum Gasteiger partial charge on any atom is -0.339 e. The highest BCUT2D eigenvalue weighted by atomic mass is 32.2. The lowest BCUT2D eigenvalue weighted by Gasteiger charge is -2.28. The molecule has 1 fully saturated rings. The van der Waals surface area contributed by atoms with Gasteiger partial charge in [0.15, 0.2) is 0 Å². The molecule has 6 nitrogen and oxygen atoms in total. The second-order valence-electron chi connectivity index (χ2n) is 7.26. The number of sulfonamides is 1. The molecule has 29 heavy (non-hydrogen) atoms. The Balaban J connectivity index is 1.40. The molecule has 4 rings (SSSR count). The molecule has 1 saturated heterocycles. The van der Waals surface area contributed by atoms with Crippen molar-refractivity contribution in [2.75, 3.05) is 13.1 Å². The van der Waals surface area contributed by atoms with Gasteiger partial charge in [0.1, 0.15) is 0 Å². The molecule has 3 aromatic rings. The predicted molar refractivity (Wildman–Crippen MR) is 112 cm³/mol. The van der Waals surface area contributed by atoms with Gasteiger partial charge in [-0.2, -0.15) is 9.29 Å². The molecule has 1 aliphatic rings. The first-order valence-corrected chi connectivity index (χ1v) is 11.2. The zero-order valence-corrected chi connectivity index (χ0v) is 17.0. The van der Waals surface area contributed by atoms with Crippen molar-refractivity contribution < 1.29 is 12.9 Å². The van der Waals surface area contributed by atoms with Gasteiger partial charge in [0.25, 0.3) is 0 Å². The quantitative estimate of drug-likeness (QED) is 0.630. The van der Waals surface area contributed by atoms with Crippen LogP contribution in [0, 0.1) is 6.92 Å². The fourth-order valence-corrected chi connectivity index (χ4v) is 4.70. The second-order valence-corrected chi connectivity index (χ2v) is 9.08. The third-order valence-electron chi connectivity index (χ3n) is 5.11. The SMILES string of the molecule is Cc1cccc(-c2noc(C3CCN(S(=O)(=O)/C=C/c4ccccc4)CC3)n2)c1. The summed E-state index contributed by atoms with van der Waals surface area (Å²) < 4.78 is 32.2. The van der Waals surface area contributed by atoms with E-state index in [1.54, 1.807) is 6.08 Å². The summed E-state index contributed by atoms with van der Waals surface area (Å²) in [5, 5.41) is 5.39. The van der Waals surface area contributed by atoms with E-state index in [0.717, 1.165) is 16.7 Å². The van der Waals surface area contributed by atoms with Gasteiger partial charge < -0.3 is 4.52 Å². The summed E-state index contributed by atoms with van der Waals surface area (Å²) in [5.74, 6) is 1.23. The molecule has 0 bridgehead atoms. The fourth-order valence-electron chi connectivity index (χ4n) is 3.47. The van der Waals surface area contributed by atoms with Crippen LogP contribution in [0.25, 0.3) is 17.5 Å². The van der Waals surface area contributed by atoms with E-state index >= 15 is 0 Å². The van der Waals surface area contributed by atoms with Crippen LogP contribution in [0.4, 0.5) is 0 Å². The second kappa shape index (κ2) is 8.31. The first kappa shape index (κ1) is 19.5. The lowest BCUT2D eigenvalue weighted by atomic mass is 9.98. The third-order valence-corrected chi connectivity index (χ3v) is 6.68. The summed E-state index contributed by atoms with van der Waals surface area (Å²) >= 11 is 0. The summed E-state index contributed by atoms with van der Waals surface area (Å²) in [6.07, 6.45) is 2.95. The summed E-state index contributed by atoms with van der Waals surface area (Å²) in [5.41, 5.74) is 2.92. The van der Waals surface area contributed by atoms with Crippen LogP contribution >= 0.6 is 0 Å². The number of piperidine rings is 1. The Labute approximate surface area is 170 Å². The Hall–Kier alpha value is -2.77. The predicted octanol–water partition coefficient (Wildman–Crippen LogP) is 4.23. The van der Waals surface area contributed by atoms with E-state index in [1.807, 2.05) is 61.5 Å². The third kappa shape index (κ3) is 4.63. The summed E-state index contributed by atoms with van der Waals surface area (Å²) in [7, 11) is -3.44. The smallest absolute Gasteiger partial charge is 0.236 e. The molecule has 0 unspecified atom stereocenters. The maximum Gasteiger partial charge on any atom is 0.236 e. The Morgan fingerprint density at radius 3 is 2.55 bits per heavy atom. The van der Waals surface area contributed by atoms with Crippen molar-refractivity contribution in [1.29, 1.82) is 0 Å². The van der Waals surface area contributed by atoms with Crippen LogP contribution in [0.15, 0.2) is 64.5 Å². The topological polar surface area (TPSA) is 76.3 Å². The highest BCUT2D eigenvalue weighted by Gasteiger charge is 2.30. The molecule has 0 aliphatic carbocycles. The molecule has 150 valence electrons. The van der Waals surface area contributed by atoms with Gasteiger partial charge in [-0.15, -0.1) is 0 Å². The molecule has 2 aromatic carbocycles. The first-order valence-electron chi connectivity index (χ1n) is 9.65. The molecule has 1 aromatic heterocycles. The lowest BCUT2D eigenvalue weighted by molar-refractivity contribution is 0.272. The van der Waals surface area contributed by atoms with Crippen molar-refractivity contribution in [3.8, 4) is 11.4 Å². The lowest BCUT2D eigenvalue weighted by Crippen LogP contribution is -2.36. The van der Waals surface area contributed by atoms with Crippen molar-refractivity contribution in [2.45, 2.75) is 25.7 Å². The molecular weight excluding hydrogens is 386 g/mol. The number of aryl methyl sites for hydroxylation is 1. The Kier molecular flexibility index (Phi) is 5.60. The van der Waals surface area contributed by atoms with Gasteiger partial charge in [0.05, 0.1) is 0 Å². The number of aromatic nitrogens is 2. The minimum absolute atomic E-state index is 0.0746. The normalized spacial score (nSPS) is 16.4. The van der Waals surface area contributed by atoms with Crippen LogP contribution < -0.4 is 0 Å². The number of rotatable bonds is 5. The van der Waals surface area contributed by atoms with Gasteiger partial charge in [-0.1, -0.05) is 59.3 Å². The zero-order chi connectivity index (χ0) is 20.3. The summed E-state index contributed by atoms with van der Waals surface area (Å²) in [6.45, 7) is 2.90. The average molecular weight is 410 g/mol. The largest absolute Gasteiger partial charge is 0.339 e. The molecular formula is C22H23N3O3S. The Bertz CT molecular complexity index is 1100. The molecule has 1 aliphatic heterocycles. The Morgan fingerprint density at radius 2 is 1.83 bits per heavy atom. The molecule has 0 atom stereocenters. The highest BCUT2D eigenvalue weighted by molar-refractivity contribution is 7.92. The average Bonchev–Trinajstić information content (AvgIpc) is 3.24. The number of benzene rings is 2. The van der Waals surface area contributed by atoms with E-state index in [4.69, 9.17) is 4.52 Å². The Morgan fingerprint density at radius 1 is 1.07 bits per heavy atom. The van der Waals surface area contributed by atoms with Crippen LogP contribution in [0.5, 0.6) is 0 Å². The molecule has 0 radical (unpaired) electrons. The van der Waals surface area contributed by atoms with E-state index < -0.39 is 10.0 Å². The highest BCUT2D eigenvalue weighted by Crippen LogP contribution is 2.30. The maximum absolute atomic E-state index is 12.6. The molecule has 7 heteroatoms. The zero-order valence-electron chi connectivity index (χ0n) is 16.2. The van der Waals surface area contributed by atoms with Crippen molar-refractivity contribution in [1.82, 2.24) is 14.4 Å². The monoisotopic (exact) mass is 409 g/mol. The molecule has 2 heterocycles. The van der Waals surface area contributed by atoms with Gasteiger partial charge in [0.2, 0.25) is 21.7 Å². The standard InChI is InChI=1S/C22H23N3O3S/c1-17-6-5-9-20(16-17)21-23-22(28-24-21)19-10-13-25(14-11-19)29(26,27)15-12-18-7-3-2-4-8-18/h2-9,12,15-16,19H,10-11,13-14H2,1H3/b15-12+. The van der Waals surface area contributed by atoms with E-state index in [2.05, 4.69) is 10.1 Å². The van der Waals surface area contributed by atoms with Crippen molar-refractivity contribution in [3.05, 3.63) is 77.0 Å². The van der Waals surface area contributed by atoms with E-state index in [1.165, 1.54) is 9.71 Å². The van der Waals surface area contributed by atoms with E-state index in [0.29, 0.717) is 37.6 Å². The number of nitrogens with zero attached hydrogens (tertiary/aromatic N) is 3. The maximum atomic E-state index is 12.6. The van der Waals surface area contributed by atoms with Crippen LogP contribution in [0.3, 0.4) is 0 Å². The molecule has 0 saturated carbocycles. The molecule has 0 spiro atoms. The van der Waals surface area contributed by atoms with E-state index in [9.17, 15) is 8.42 Å². The minimum atomic E-state index is -3.44. The fraction of sp³-hybridized carbons (Fsp3) is 0.273. The first-order chi connectivity index (χ1) is 14.0. The number of hydrogen-bond acceptors (Lipinski definition) is 5. The van der Waals surface area contributed by atoms with Gasteiger partial charge in [-0.05, 0) is 37.5 Å². The molecule has 0 N–H and O–H groups in total. The van der Waals surface area contributed by atoms with E-state index in [-0.39, 0.29) is 5.92 Å². The van der Waals surface area contributed by atoms with Crippen molar-refractivity contribution >= 4 is 16.1 Å². The van der Waals surface area contributed by atoms with Gasteiger partial charge >= 0.3 is 0 Å². The van der Waals surface area contributed by atoms with Crippen LogP contribution in [0.1, 0.15) is 35.8 Å².